The first-order chi connectivity index (χ1) is 15.8. The second-order valence-electron chi connectivity index (χ2n) is 8.10. The van der Waals surface area contributed by atoms with Crippen LogP contribution < -0.4 is 0 Å². The van der Waals surface area contributed by atoms with Gasteiger partial charge in [0.25, 0.3) is 0 Å². The molecular weight excluding hydrogens is 458 g/mol. The van der Waals surface area contributed by atoms with Crippen molar-refractivity contribution in [1.29, 1.82) is 0 Å². The summed E-state index contributed by atoms with van der Waals surface area (Å²) in [6.45, 7) is 0.832. The summed E-state index contributed by atoms with van der Waals surface area (Å²) in [6, 6.07) is 15.3. The lowest BCUT2D eigenvalue weighted by Crippen LogP contribution is -2.10. The third-order valence-corrected chi connectivity index (χ3v) is 6.40. The van der Waals surface area contributed by atoms with Crippen LogP contribution in [0.25, 0.3) is 10.9 Å². The number of carboxylic acids is 1. The van der Waals surface area contributed by atoms with Crippen molar-refractivity contribution < 1.29 is 15.0 Å². The quantitative estimate of drug-likeness (QED) is 0.276. The van der Waals surface area contributed by atoms with Crippen LogP contribution in [0.1, 0.15) is 28.0 Å². The predicted molar refractivity (Wildman–Crippen MR) is 134 cm³/mol. The van der Waals surface area contributed by atoms with Crippen LogP contribution >= 0.6 is 22.9 Å². The largest absolute Gasteiger partial charge is 0.494 e. The maximum atomic E-state index is 11.0. The van der Waals surface area contributed by atoms with Crippen LogP contribution in [-0.4, -0.2) is 45.9 Å². The Kier molecular flexibility index (Phi) is 6.83. The zero-order valence-corrected chi connectivity index (χ0v) is 19.9. The molecule has 3 N–H and O–H groups in total. The number of halogens is 1. The number of aromatic hydroxyl groups is 1. The van der Waals surface area contributed by atoms with Gasteiger partial charge in [-0.15, -0.1) is 11.3 Å². The molecule has 2 aromatic heterocycles. The molecule has 170 valence electrons. The molecule has 33 heavy (non-hydrogen) atoms. The first-order valence-electron chi connectivity index (χ1n) is 10.4. The van der Waals surface area contributed by atoms with Gasteiger partial charge in [0.2, 0.25) is 0 Å². The van der Waals surface area contributed by atoms with Crippen LogP contribution in [-0.2, 0) is 17.8 Å². The molecule has 0 unspecified atom stereocenters. The molecule has 4 aromatic rings. The van der Waals surface area contributed by atoms with Crippen LogP contribution in [0, 0.1) is 0 Å². The molecular formula is C25H24ClN3O3S. The molecule has 0 bridgehead atoms. The van der Waals surface area contributed by atoms with Gasteiger partial charge in [-0.05, 0) is 56.4 Å². The van der Waals surface area contributed by atoms with Gasteiger partial charge < -0.3 is 20.1 Å². The molecule has 0 saturated heterocycles. The number of nitrogens with zero attached hydrogens (tertiary/aromatic N) is 2. The molecule has 0 amide bonds. The van der Waals surface area contributed by atoms with E-state index in [0.717, 1.165) is 28.1 Å². The molecule has 0 aliphatic heterocycles. The second-order valence-corrected chi connectivity index (χ2v) is 9.53. The number of benzene rings is 2. The van der Waals surface area contributed by atoms with Crippen molar-refractivity contribution in [3.05, 3.63) is 80.5 Å². The minimum absolute atomic E-state index is 0.00790. The molecule has 4 rings (SSSR count). The Morgan fingerprint density at radius 2 is 1.91 bits per heavy atom. The third kappa shape index (κ3) is 5.45. The Morgan fingerprint density at radius 1 is 1.15 bits per heavy atom. The van der Waals surface area contributed by atoms with Gasteiger partial charge in [-0.1, -0.05) is 29.8 Å². The highest BCUT2D eigenvalue weighted by Gasteiger charge is 2.20. The molecule has 0 atom stereocenters. The fraction of sp³-hybridized carbons (Fsp3) is 0.200. The van der Waals surface area contributed by atoms with E-state index in [1.807, 2.05) is 55.9 Å². The Balaban J connectivity index is 1.81. The number of nitrogens with one attached hydrogen (secondary N) is 1. The molecule has 0 aliphatic carbocycles. The Hall–Kier alpha value is -3.13. The van der Waals surface area contributed by atoms with E-state index in [-0.39, 0.29) is 12.3 Å². The van der Waals surface area contributed by atoms with E-state index >= 15 is 0 Å². The van der Waals surface area contributed by atoms with E-state index in [1.54, 1.807) is 12.1 Å². The number of aryl methyl sites for hydroxylation is 1. The van der Waals surface area contributed by atoms with Crippen molar-refractivity contribution in [2.24, 2.45) is 4.99 Å². The lowest BCUT2D eigenvalue weighted by Gasteiger charge is -2.10. The van der Waals surface area contributed by atoms with E-state index in [9.17, 15) is 9.90 Å². The van der Waals surface area contributed by atoms with Crippen molar-refractivity contribution in [3.63, 3.8) is 0 Å². The number of aliphatic imine (C=N–C) groups is 1. The average Bonchev–Trinajstić information content (AvgIpc) is 3.35. The van der Waals surface area contributed by atoms with Crippen LogP contribution in [0.3, 0.4) is 0 Å². The SMILES string of the molecule is CN(C)Cc1ccc(N=C(c2csc(CCC(=O)O)c2)c2c(O)[nH]c3cc(Cl)ccc23)cc1. The molecule has 2 heterocycles. The fourth-order valence-corrected chi connectivity index (χ4v) is 4.74. The summed E-state index contributed by atoms with van der Waals surface area (Å²) >= 11 is 7.63. The van der Waals surface area contributed by atoms with Crippen molar-refractivity contribution in [3.8, 4) is 5.88 Å². The highest BCUT2D eigenvalue weighted by molar-refractivity contribution is 7.10. The molecule has 2 aromatic carbocycles. The van der Waals surface area contributed by atoms with E-state index in [4.69, 9.17) is 21.7 Å². The Morgan fingerprint density at radius 3 is 2.61 bits per heavy atom. The number of hydrogen-bond donors (Lipinski definition) is 3. The number of carboxylic acid groups (broad SMARTS) is 1. The van der Waals surface area contributed by atoms with Crippen LogP contribution in [0.4, 0.5) is 5.69 Å². The second kappa shape index (κ2) is 9.79. The monoisotopic (exact) mass is 481 g/mol. The Labute approximate surface area is 200 Å². The zero-order chi connectivity index (χ0) is 23.5. The smallest absolute Gasteiger partial charge is 0.303 e. The average molecular weight is 482 g/mol. The topological polar surface area (TPSA) is 88.9 Å². The zero-order valence-electron chi connectivity index (χ0n) is 18.3. The van der Waals surface area contributed by atoms with Gasteiger partial charge in [0.05, 0.1) is 28.9 Å². The van der Waals surface area contributed by atoms with Crippen molar-refractivity contribution in [2.75, 3.05) is 14.1 Å². The molecule has 6 nitrogen and oxygen atoms in total. The van der Waals surface area contributed by atoms with Crippen LogP contribution in [0.5, 0.6) is 5.88 Å². The number of H-pyrrole nitrogens is 1. The number of carbonyl (C=O) groups is 1. The highest BCUT2D eigenvalue weighted by Crippen LogP contribution is 2.34. The molecule has 8 heteroatoms. The van der Waals surface area contributed by atoms with Crippen LogP contribution in [0.2, 0.25) is 5.02 Å². The standard InChI is InChI=1S/C25H24ClN3O3S/c1-29(2)13-15-3-6-18(7-4-15)27-24(16-11-19(33-14-16)8-10-22(30)31)23-20-9-5-17(26)12-21(20)28-25(23)32/h3-7,9,11-12,14,28,32H,8,10,13H2,1-2H3,(H,30,31). The summed E-state index contributed by atoms with van der Waals surface area (Å²) in [7, 11) is 4.05. The van der Waals surface area contributed by atoms with E-state index in [0.29, 0.717) is 28.2 Å². The summed E-state index contributed by atoms with van der Waals surface area (Å²) in [6.07, 6.45) is 0.512. The van der Waals surface area contributed by atoms with E-state index in [2.05, 4.69) is 9.88 Å². The molecule has 0 radical (unpaired) electrons. The maximum Gasteiger partial charge on any atom is 0.303 e. The predicted octanol–water partition coefficient (Wildman–Crippen LogP) is 5.84. The highest BCUT2D eigenvalue weighted by atomic mass is 35.5. The Bertz CT molecular complexity index is 1320. The molecule has 0 spiro atoms. The summed E-state index contributed by atoms with van der Waals surface area (Å²) in [4.78, 5) is 21.9. The number of thiophene rings is 1. The number of aromatic nitrogens is 1. The normalized spacial score (nSPS) is 12.1. The minimum atomic E-state index is -0.831. The first-order valence-corrected chi connectivity index (χ1v) is 11.7. The third-order valence-electron chi connectivity index (χ3n) is 5.17. The summed E-state index contributed by atoms with van der Waals surface area (Å²) in [5.41, 5.74) is 4.67. The van der Waals surface area contributed by atoms with Gasteiger partial charge in [0.1, 0.15) is 0 Å². The van der Waals surface area contributed by atoms with Crippen molar-refractivity contribution >= 4 is 51.2 Å². The van der Waals surface area contributed by atoms with Gasteiger partial charge in [-0.3, -0.25) is 4.79 Å². The number of aromatic amines is 1. The molecule has 0 saturated carbocycles. The van der Waals surface area contributed by atoms with Crippen molar-refractivity contribution in [1.82, 2.24) is 9.88 Å². The van der Waals surface area contributed by atoms with Gasteiger partial charge in [-0.25, -0.2) is 4.99 Å². The molecule has 0 aliphatic rings. The van der Waals surface area contributed by atoms with E-state index < -0.39 is 5.97 Å². The lowest BCUT2D eigenvalue weighted by atomic mass is 10.0. The van der Waals surface area contributed by atoms with Crippen molar-refractivity contribution in [2.45, 2.75) is 19.4 Å². The van der Waals surface area contributed by atoms with Gasteiger partial charge in [0.15, 0.2) is 5.88 Å². The summed E-state index contributed by atoms with van der Waals surface area (Å²) in [5.74, 6) is -0.823. The van der Waals surface area contributed by atoms with Crippen LogP contribution in [0.15, 0.2) is 58.9 Å². The minimum Gasteiger partial charge on any atom is -0.494 e. The first kappa shape index (κ1) is 23.0. The summed E-state index contributed by atoms with van der Waals surface area (Å²) < 4.78 is 0. The molecule has 0 fully saturated rings. The van der Waals surface area contributed by atoms with Gasteiger partial charge in [-0.2, -0.15) is 0 Å². The maximum absolute atomic E-state index is 11.0. The lowest BCUT2D eigenvalue weighted by molar-refractivity contribution is -0.136. The number of rotatable bonds is 8. The summed E-state index contributed by atoms with van der Waals surface area (Å²) in [5, 5.41) is 23.1. The number of fused-ring (bicyclic) bond motifs is 1. The van der Waals surface area contributed by atoms with Gasteiger partial charge in [0, 0.05) is 32.8 Å². The fourth-order valence-electron chi connectivity index (χ4n) is 3.70. The number of hydrogen-bond acceptors (Lipinski definition) is 5. The number of aliphatic carboxylic acids is 1. The van der Waals surface area contributed by atoms with E-state index in [1.165, 1.54) is 16.9 Å². The van der Waals surface area contributed by atoms with Gasteiger partial charge >= 0.3 is 5.97 Å².